The van der Waals surface area contributed by atoms with E-state index in [0.29, 0.717) is 0 Å². The van der Waals surface area contributed by atoms with Crippen molar-refractivity contribution in [2.75, 3.05) is 6.61 Å². The number of aliphatic hydroxyl groups excluding tert-OH is 5. The minimum Gasteiger partial charge on any atom is -0.394 e. The lowest BCUT2D eigenvalue weighted by Gasteiger charge is -2.37. The molecular weight excluding hydrogens is 187 g/mol. The predicted octanol–water partition coefficient (Wildman–Crippen LogP) is -3.07. The molecule has 13 heavy (non-hydrogen) atoms. The summed E-state index contributed by atoms with van der Waals surface area (Å²) >= 11 is 0. The van der Waals surface area contributed by atoms with Gasteiger partial charge in [-0.1, -0.05) is 0 Å². The fourth-order valence-corrected chi connectivity index (χ4v) is 1.08. The van der Waals surface area contributed by atoms with Crippen LogP contribution in [-0.4, -0.2) is 62.8 Å². The minimum atomic E-state index is -1.57. The lowest BCUT2D eigenvalue weighted by molar-refractivity contribution is -0.286. The Morgan fingerprint density at radius 3 is 1.92 bits per heavy atom. The zero-order valence-electron chi connectivity index (χ0n) is 6.65. The summed E-state index contributed by atoms with van der Waals surface area (Å²) in [6, 6.07) is 0. The van der Waals surface area contributed by atoms with E-state index in [1.165, 1.54) is 0 Å². The molecule has 0 spiro atoms. The number of aliphatic hydroxyl groups is 5. The normalized spacial score (nSPS) is 45.5. The summed E-state index contributed by atoms with van der Waals surface area (Å²) in [5, 5.41) is 44.7. The van der Waals surface area contributed by atoms with Gasteiger partial charge < -0.3 is 30.3 Å². The number of hydrogen-bond acceptors (Lipinski definition) is 6. The maximum absolute atomic E-state index is 9.12. The first-order valence-electron chi connectivity index (χ1n) is 3.56. The van der Waals surface area contributed by atoms with E-state index < -0.39 is 37.3 Å². The predicted molar refractivity (Wildman–Crippen MR) is 38.5 cm³/mol. The molecule has 7 heteroatoms. The zero-order chi connectivity index (χ0) is 9.30. The Balaban J connectivity index is 0.00000144. The molecule has 80 valence electrons. The minimum absolute atomic E-state index is 0. The monoisotopic (exact) mass is 200 g/mol. The Kier molecular flexibility index (Phi) is 4.68. The third-order valence-electron chi connectivity index (χ3n) is 1.87. The first-order valence-corrected chi connectivity index (χ1v) is 3.56. The molecule has 1 fully saturated rings. The van der Waals surface area contributed by atoms with Crippen molar-refractivity contribution in [1.29, 1.82) is 0 Å². The van der Waals surface area contributed by atoms with Crippen LogP contribution in [0.5, 0.6) is 0 Å². The largest absolute Gasteiger partial charge is 0.394 e. The van der Waals surface area contributed by atoms with Gasteiger partial charge in [0.1, 0.15) is 24.4 Å². The smallest absolute Gasteiger partial charge is 0.184 e. The van der Waals surface area contributed by atoms with E-state index in [1.54, 1.807) is 0 Å². The molecule has 0 aliphatic carbocycles. The highest BCUT2D eigenvalue weighted by atomic mass is 19.0. The van der Waals surface area contributed by atoms with Crippen LogP contribution in [0, 0.1) is 0 Å². The van der Waals surface area contributed by atoms with Crippen LogP contribution in [0.4, 0.5) is 4.70 Å². The first-order chi connectivity index (χ1) is 5.57. The van der Waals surface area contributed by atoms with Gasteiger partial charge >= 0.3 is 0 Å². The van der Waals surface area contributed by atoms with E-state index >= 15 is 0 Å². The van der Waals surface area contributed by atoms with Gasteiger partial charge in [-0.3, -0.25) is 4.70 Å². The third kappa shape index (κ3) is 2.33. The molecule has 1 rings (SSSR count). The highest BCUT2D eigenvalue weighted by Crippen LogP contribution is 2.18. The molecular formula is C6H13FO6. The Morgan fingerprint density at radius 2 is 1.46 bits per heavy atom. The van der Waals surface area contributed by atoms with Gasteiger partial charge in [0.2, 0.25) is 0 Å². The molecule has 6 nitrogen and oxygen atoms in total. The topological polar surface area (TPSA) is 110 Å². The number of hydrogen-bond donors (Lipinski definition) is 5. The van der Waals surface area contributed by atoms with Crippen molar-refractivity contribution in [3.05, 3.63) is 0 Å². The number of halogens is 1. The Hall–Kier alpha value is -0.310. The SMILES string of the molecule is F.OC[C@H]1OC(O)[C@H](O)[C@@H](O)[C@@H]1O. The third-order valence-corrected chi connectivity index (χ3v) is 1.87. The molecule has 1 aliphatic rings. The fraction of sp³-hybridized carbons (Fsp3) is 1.00. The van der Waals surface area contributed by atoms with Crippen LogP contribution in [0.1, 0.15) is 0 Å². The molecule has 1 aliphatic heterocycles. The molecule has 0 saturated carbocycles. The van der Waals surface area contributed by atoms with Gasteiger partial charge in [-0.15, -0.1) is 0 Å². The summed E-state index contributed by atoms with van der Waals surface area (Å²) in [5.41, 5.74) is 0. The highest BCUT2D eigenvalue weighted by molar-refractivity contribution is 4.87. The average molecular weight is 200 g/mol. The summed E-state index contributed by atoms with van der Waals surface area (Å²) in [4.78, 5) is 0. The first kappa shape index (κ1) is 12.7. The lowest BCUT2D eigenvalue weighted by Crippen LogP contribution is -2.58. The summed E-state index contributed by atoms with van der Waals surface area (Å²) < 4.78 is 4.58. The quantitative estimate of drug-likeness (QED) is 0.307. The van der Waals surface area contributed by atoms with Crippen LogP contribution < -0.4 is 0 Å². The van der Waals surface area contributed by atoms with Gasteiger partial charge in [0.05, 0.1) is 6.61 Å². The Labute approximate surface area is 73.4 Å². The second kappa shape index (κ2) is 4.80. The summed E-state index contributed by atoms with van der Waals surface area (Å²) in [6.07, 6.45) is -7.04. The van der Waals surface area contributed by atoms with Gasteiger partial charge in [0, 0.05) is 0 Å². The van der Waals surface area contributed by atoms with Gasteiger partial charge in [-0.2, -0.15) is 0 Å². The molecule has 1 heterocycles. The molecule has 0 radical (unpaired) electrons. The molecule has 0 bridgehead atoms. The standard InChI is InChI=1S/C6H12O6.FH/c7-1-2-3(8)4(9)5(10)6(11)12-2;/h2-11H,1H2;1H/t2-,3-,4+,5-,6?;/m1./s1. The zero-order valence-corrected chi connectivity index (χ0v) is 6.65. The maximum atomic E-state index is 9.12. The van der Waals surface area contributed by atoms with Crippen LogP contribution in [-0.2, 0) is 4.74 Å². The van der Waals surface area contributed by atoms with Crippen LogP contribution in [0.25, 0.3) is 0 Å². The van der Waals surface area contributed by atoms with Crippen molar-refractivity contribution in [2.45, 2.75) is 30.7 Å². The Bertz CT molecular complexity index is 151. The molecule has 1 unspecified atom stereocenters. The van der Waals surface area contributed by atoms with E-state index in [2.05, 4.69) is 4.74 Å². The number of rotatable bonds is 1. The maximum Gasteiger partial charge on any atom is 0.184 e. The van der Waals surface area contributed by atoms with Crippen molar-refractivity contribution < 1.29 is 35.0 Å². The number of ether oxygens (including phenoxy) is 1. The molecule has 1 saturated heterocycles. The van der Waals surface area contributed by atoms with E-state index in [0.717, 1.165) is 0 Å². The van der Waals surface area contributed by atoms with Crippen molar-refractivity contribution in [3.63, 3.8) is 0 Å². The van der Waals surface area contributed by atoms with Crippen LogP contribution in [0.15, 0.2) is 0 Å². The second-order valence-electron chi connectivity index (χ2n) is 2.72. The summed E-state index contributed by atoms with van der Waals surface area (Å²) in [5.74, 6) is 0. The lowest BCUT2D eigenvalue weighted by atomic mass is 10.00. The molecule has 5 N–H and O–H groups in total. The van der Waals surface area contributed by atoms with Crippen molar-refractivity contribution >= 4 is 0 Å². The van der Waals surface area contributed by atoms with E-state index in [9.17, 15) is 0 Å². The van der Waals surface area contributed by atoms with Gasteiger partial charge in [-0.25, -0.2) is 0 Å². The van der Waals surface area contributed by atoms with Crippen LogP contribution >= 0.6 is 0 Å². The van der Waals surface area contributed by atoms with Gasteiger partial charge in [-0.05, 0) is 0 Å². The van der Waals surface area contributed by atoms with Crippen molar-refractivity contribution in [1.82, 2.24) is 0 Å². The highest BCUT2D eigenvalue weighted by Gasteiger charge is 2.42. The molecule has 0 aromatic heterocycles. The molecule has 0 amide bonds. The van der Waals surface area contributed by atoms with Gasteiger partial charge in [0.25, 0.3) is 0 Å². The second-order valence-corrected chi connectivity index (χ2v) is 2.72. The van der Waals surface area contributed by atoms with Crippen molar-refractivity contribution in [3.8, 4) is 0 Å². The van der Waals surface area contributed by atoms with Crippen molar-refractivity contribution in [2.24, 2.45) is 0 Å². The average Bonchev–Trinajstić information content (AvgIpc) is 2.08. The summed E-state index contributed by atoms with van der Waals surface area (Å²) in [7, 11) is 0. The van der Waals surface area contributed by atoms with Crippen LogP contribution in [0.3, 0.4) is 0 Å². The molecule has 0 aromatic carbocycles. The fourth-order valence-electron chi connectivity index (χ4n) is 1.08. The Morgan fingerprint density at radius 1 is 0.923 bits per heavy atom. The molecule has 5 atom stereocenters. The molecule has 0 aromatic rings. The van der Waals surface area contributed by atoms with Crippen LogP contribution in [0.2, 0.25) is 0 Å². The van der Waals surface area contributed by atoms with Gasteiger partial charge in [0.15, 0.2) is 6.29 Å². The van der Waals surface area contributed by atoms with E-state index in [-0.39, 0.29) is 4.70 Å². The van der Waals surface area contributed by atoms with E-state index in [4.69, 9.17) is 25.5 Å². The summed E-state index contributed by atoms with van der Waals surface area (Å²) in [6.45, 7) is -0.526. The van der Waals surface area contributed by atoms with E-state index in [1.807, 2.05) is 0 Å².